The predicted octanol–water partition coefficient (Wildman–Crippen LogP) is 6.90. The van der Waals surface area contributed by atoms with Gasteiger partial charge in [-0.1, -0.05) is 81.3 Å². The number of aryl methyl sites for hydroxylation is 1. The summed E-state index contributed by atoms with van der Waals surface area (Å²) in [5, 5.41) is 7.03. The fourth-order valence-electron chi connectivity index (χ4n) is 6.18. The highest BCUT2D eigenvalue weighted by Gasteiger charge is 2.47. The van der Waals surface area contributed by atoms with Crippen LogP contribution in [0.2, 0.25) is 0 Å². The van der Waals surface area contributed by atoms with Crippen molar-refractivity contribution in [3.63, 3.8) is 0 Å². The molecule has 1 aromatic heterocycles. The van der Waals surface area contributed by atoms with E-state index in [2.05, 4.69) is 69.1 Å². The van der Waals surface area contributed by atoms with Crippen LogP contribution >= 0.6 is 6.26 Å². The molecule has 0 amide bonds. The maximum Gasteiger partial charge on any atom is 0.166 e. The third-order valence-electron chi connectivity index (χ3n) is 7.89. The lowest BCUT2D eigenvalue weighted by atomic mass is 9.84. The summed E-state index contributed by atoms with van der Waals surface area (Å²) in [4.78, 5) is 7.35. The van der Waals surface area contributed by atoms with E-state index < -0.39 is 6.26 Å². The fourth-order valence-corrected chi connectivity index (χ4v) is 10.5. The minimum absolute atomic E-state index is 0.177. The van der Waals surface area contributed by atoms with E-state index >= 15 is 0 Å². The molecule has 36 heavy (non-hydrogen) atoms. The Hall–Kier alpha value is -2.53. The molecule has 1 unspecified atom stereocenters. The molecule has 3 aromatic rings. The summed E-state index contributed by atoms with van der Waals surface area (Å²) in [6, 6.07) is 18.9. The molecule has 186 valence electrons. The van der Waals surface area contributed by atoms with Crippen molar-refractivity contribution in [2.24, 2.45) is 4.99 Å². The van der Waals surface area contributed by atoms with Crippen molar-refractivity contribution in [2.45, 2.75) is 64.4 Å². The van der Waals surface area contributed by atoms with Crippen LogP contribution < -0.4 is 10.2 Å². The van der Waals surface area contributed by atoms with E-state index in [1.165, 1.54) is 36.2 Å². The van der Waals surface area contributed by atoms with Gasteiger partial charge in [0, 0.05) is 30.1 Å². The molecule has 0 spiro atoms. The van der Waals surface area contributed by atoms with E-state index in [1.807, 2.05) is 29.1 Å². The SMILES string of the molecule is Cc1nn(-c2ccccc2)c2c1P(=S)(OC1CCCCC1)/C(=C1\N(C)c3ccccc3C1(C)C)C=N2. The molecule has 0 bridgehead atoms. The zero-order valence-corrected chi connectivity index (χ0v) is 23.1. The minimum Gasteiger partial charge on any atom is -0.346 e. The number of aliphatic imine (C=N–C) groups is 1. The van der Waals surface area contributed by atoms with Crippen molar-refractivity contribution in [2.75, 3.05) is 11.9 Å². The zero-order chi connectivity index (χ0) is 25.1. The van der Waals surface area contributed by atoms with Crippen LogP contribution in [0, 0.1) is 6.92 Å². The number of fused-ring (bicyclic) bond motifs is 2. The second-order valence-electron chi connectivity index (χ2n) is 10.6. The number of hydrogen-bond donors (Lipinski definition) is 0. The van der Waals surface area contributed by atoms with Gasteiger partial charge in [-0.05, 0) is 43.5 Å². The normalized spacial score (nSPS) is 25.2. The molecule has 2 aromatic carbocycles. The Morgan fingerprint density at radius 2 is 1.69 bits per heavy atom. The molecule has 1 aliphatic carbocycles. The van der Waals surface area contributed by atoms with Crippen molar-refractivity contribution in [1.82, 2.24) is 9.78 Å². The quantitative estimate of drug-likeness (QED) is 0.355. The standard InChI is InChI=1S/C29H33N4OPS/c1-20-26-28(33(31-20)21-13-7-5-8-14-21)30-19-25(35(26,36)34-22-15-9-6-10-16-22)27-29(2,3)23-17-11-12-18-24(23)32(27)4/h5,7-8,11-14,17-19,22H,6,9-10,15-16H2,1-4H3/b27-25-. The molecule has 3 heterocycles. The van der Waals surface area contributed by atoms with Gasteiger partial charge in [0.2, 0.25) is 0 Å². The van der Waals surface area contributed by atoms with Gasteiger partial charge in [0.1, 0.15) is 6.26 Å². The number of benzene rings is 2. The summed E-state index contributed by atoms with van der Waals surface area (Å²) in [7, 11) is 2.15. The number of para-hydroxylation sites is 2. The lowest BCUT2D eigenvalue weighted by Gasteiger charge is -2.36. The molecule has 1 saturated carbocycles. The molecule has 1 fully saturated rings. The lowest BCUT2D eigenvalue weighted by Crippen LogP contribution is -2.29. The average molecular weight is 517 g/mol. The van der Waals surface area contributed by atoms with Crippen LogP contribution in [-0.4, -0.2) is 29.1 Å². The van der Waals surface area contributed by atoms with Crippen molar-refractivity contribution < 1.29 is 4.52 Å². The zero-order valence-electron chi connectivity index (χ0n) is 21.4. The van der Waals surface area contributed by atoms with E-state index in [-0.39, 0.29) is 11.5 Å². The van der Waals surface area contributed by atoms with Crippen LogP contribution in [-0.2, 0) is 21.7 Å². The summed E-state index contributed by atoms with van der Waals surface area (Å²) < 4.78 is 9.08. The Balaban J connectivity index is 1.59. The highest BCUT2D eigenvalue weighted by atomic mass is 32.4. The Kier molecular flexibility index (Phi) is 5.82. The van der Waals surface area contributed by atoms with E-state index in [1.54, 1.807) is 0 Å². The van der Waals surface area contributed by atoms with Crippen LogP contribution in [0.1, 0.15) is 57.2 Å². The molecule has 0 N–H and O–H groups in total. The third kappa shape index (κ3) is 3.57. The molecule has 6 rings (SSSR count). The number of nitrogens with zero attached hydrogens (tertiary/aromatic N) is 4. The van der Waals surface area contributed by atoms with Gasteiger partial charge in [-0.2, -0.15) is 5.10 Å². The molecule has 3 aliphatic rings. The van der Waals surface area contributed by atoms with Crippen molar-refractivity contribution in [3.8, 4) is 5.69 Å². The van der Waals surface area contributed by atoms with Crippen molar-refractivity contribution in [3.05, 3.63) is 76.9 Å². The second-order valence-corrected chi connectivity index (χ2v) is 14.4. The van der Waals surface area contributed by atoms with Crippen LogP contribution in [0.4, 0.5) is 11.5 Å². The summed E-state index contributed by atoms with van der Waals surface area (Å²) in [5.41, 5.74) is 5.42. The monoisotopic (exact) mass is 516 g/mol. The van der Waals surface area contributed by atoms with E-state index in [0.29, 0.717) is 0 Å². The number of likely N-dealkylation sites (N-methyl/N-ethyl adjacent to an activating group) is 1. The number of aromatic nitrogens is 2. The molecule has 1 atom stereocenters. The van der Waals surface area contributed by atoms with E-state index in [9.17, 15) is 0 Å². The first-order valence-corrected chi connectivity index (χ1v) is 15.6. The summed E-state index contributed by atoms with van der Waals surface area (Å²) >= 11 is 6.72. The Bertz CT molecular complexity index is 1430. The number of allylic oxidation sites excluding steroid dienone is 2. The van der Waals surface area contributed by atoms with Gasteiger partial charge in [-0.3, -0.25) is 0 Å². The first-order valence-electron chi connectivity index (χ1n) is 12.9. The van der Waals surface area contributed by atoms with E-state index in [0.717, 1.165) is 40.7 Å². The predicted molar refractivity (Wildman–Crippen MR) is 153 cm³/mol. The number of rotatable bonds is 3. The molecule has 2 aliphatic heterocycles. The molecule has 7 heteroatoms. The van der Waals surface area contributed by atoms with Crippen molar-refractivity contribution in [1.29, 1.82) is 0 Å². The smallest absolute Gasteiger partial charge is 0.166 e. The first-order chi connectivity index (χ1) is 17.3. The highest BCUT2D eigenvalue weighted by molar-refractivity contribution is 8.18. The van der Waals surface area contributed by atoms with Crippen LogP contribution in [0.5, 0.6) is 0 Å². The van der Waals surface area contributed by atoms with Crippen LogP contribution in [0.3, 0.4) is 0 Å². The fraction of sp³-hybridized carbons (Fsp3) is 0.379. The number of anilines is 1. The summed E-state index contributed by atoms with van der Waals surface area (Å²) in [5.74, 6) is 0.818. The Morgan fingerprint density at radius 1 is 1.00 bits per heavy atom. The first kappa shape index (κ1) is 23.8. The molecular formula is C29H33N4OPS. The molecule has 5 nitrogen and oxygen atoms in total. The Morgan fingerprint density at radius 3 is 2.42 bits per heavy atom. The van der Waals surface area contributed by atoms with Gasteiger partial charge in [0.25, 0.3) is 0 Å². The minimum atomic E-state index is -2.68. The summed E-state index contributed by atoms with van der Waals surface area (Å²) in [6.07, 6.45) is 5.32. The van der Waals surface area contributed by atoms with Gasteiger partial charge in [0.15, 0.2) is 5.82 Å². The topological polar surface area (TPSA) is 42.6 Å². The third-order valence-corrected chi connectivity index (χ3v) is 12.0. The maximum absolute atomic E-state index is 7.14. The molecule has 0 radical (unpaired) electrons. The van der Waals surface area contributed by atoms with Gasteiger partial charge in [-0.15, -0.1) is 0 Å². The second kappa shape index (κ2) is 8.79. The van der Waals surface area contributed by atoms with Crippen LogP contribution in [0.15, 0.2) is 70.6 Å². The highest BCUT2D eigenvalue weighted by Crippen LogP contribution is 2.64. The van der Waals surface area contributed by atoms with E-state index in [4.69, 9.17) is 26.4 Å². The van der Waals surface area contributed by atoms with Crippen LogP contribution in [0.25, 0.3) is 5.69 Å². The molecular weight excluding hydrogens is 483 g/mol. The van der Waals surface area contributed by atoms with Gasteiger partial charge in [-0.25, -0.2) is 9.67 Å². The van der Waals surface area contributed by atoms with Gasteiger partial charge in [0.05, 0.1) is 28.1 Å². The average Bonchev–Trinajstić information content (AvgIpc) is 3.33. The van der Waals surface area contributed by atoms with Crippen molar-refractivity contribution >= 4 is 41.1 Å². The Labute approximate surface area is 219 Å². The largest absolute Gasteiger partial charge is 0.346 e. The number of hydrogen-bond acceptors (Lipinski definition) is 5. The lowest BCUT2D eigenvalue weighted by molar-refractivity contribution is 0.176. The summed E-state index contributed by atoms with van der Waals surface area (Å²) in [6.45, 7) is 6.65. The maximum atomic E-state index is 7.14. The molecule has 0 saturated heterocycles. The van der Waals surface area contributed by atoms with Gasteiger partial charge >= 0.3 is 0 Å². The van der Waals surface area contributed by atoms with Gasteiger partial charge < -0.3 is 9.42 Å².